The summed E-state index contributed by atoms with van der Waals surface area (Å²) in [5.74, 6) is -8.95. The van der Waals surface area contributed by atoms with Crippen LogP contribution in [0.15, 0.2) is 0 Å². The van der Waals surface area contributed by atoms with Crippen LogP contribution in [0, 0.1) is 0 Å². The van der Waals surface area contributed by atoms with Crippen LogP contribution in [0.1, 0.15) is 77.0 Å². The largest absolute Gasteiger partial charge is 0.481 e. The molecular weight excluding hydrogens is 716 g/mol. The number of aliphatic hydroxyl groups is 4. The SMILES string of the molecule is CO[Si](C)(CO)CCCCCCN.CO[Si](C)(CO)CCCCCCNC(=O)CC(O)(CC(=O)O)C(=O)O.O=C(O)CC(O)(CC(=O)O)C(=O)O. The summed E-state index contributed by atoms with van der Waals surface area (Å²) in [6.45, 7) is 5.16. The van der Waals surface area contributed by atoms with Crippen LogP contribution in [0.25, 0.3) is 0 Å². The molecule has 0 aromatic heterocycles. The molecule has 300 valence electrons. The summed E-state index contributed by atoms with van der Waals surface area (Å²) < 4.78 is 10.7. The van der Waals surface area contributed by atoms with Crippen molar-refractivity contribution in [1.29, 1.82) is 0 Å². The number of carboxylic acid groups (broad SMARTS) is 5. The van der Waals surface area contributed by atoms with Crippen molar-refractivity contribution in [2.45, 2.75) is 113 Å². The minimum Gasteiger partial charge on any atom is -0.481 e. The minimum absolute atomic E-state index is 0.0857. The summed E-state index contributed by atoms with van der Waals surface area (Å²) in [5, 5.41) is 81.9. The molecule has 0 rings (SSSR count). The third kappa shape index (κ3) is 26.4. The smallest absolute Gasteiger partial charge is 0.336 e. The summed E-state index contributed by atoms with van der Waals surface area (Å²) >= 11 is 0. The Bertz CT molecular complexity index is 1040. The molecule has 21 heteroatoms. The van der Waals surface area contributed by atoms with Gasteiger partial charge in [0.15, 0.2) is 11.2 Å². The van der Waals surface area contributed by atoms with Gasteiger partial charge in [-0.25, -0.2) is 9.59 Å². The molecule has 0 saturated heterocycles. The Labute approximate surface area is 300 Å². The quantitative estimate of drug-likeness (QED) is 0.0389. The van der Waals surface area contributed by atoms with Gasteiger partial charge in [0, 0.05) is 20.8 Å². The maximum Gasteiger partial charge on any atom is 0.336 e. The Balaban J connectivity index is -0.000000746. The summed E-state index contributed by atoms with van der Waals surface area (Å²) in [5.41, 5.74) is 0.0527. The van der Waals surface area contributed by atoms with Crippen LogP contribution < -0.4 is 11.1 Å². The number of carbonyl (C=O) groups excluding carboxylic acids is 1. The molecule has 0 aromatic carbocycles. The Hall–Kier alpha value is -3.03. The summed E-state index contributed by atoms with van der Waals surface area (Å²) in [4.78, 5) is 63.7. The van der Waals surface area contributed by atoms with Crippen LogP contribution in [0.3, 0.4) is 0 Å². The van der Waals surface area contributed by atoms with E-state index >= 15 is 0 Å². The number of rotatable bonds is 27. The second-order valence-corrected chi connectivity index (χ2v) is 20.9. The number of nitrogens with two attached hydrogens (primary N) is 1. The normalized spacial score (nSPS) is 14.5. The average molecular weight is 777 g/mol. The van der Waals surface area contributed by atoms with E-state index in [0.29, 0.717) is 13.0 Å². The van der Waals surface area contributed by atoms with Gasteiger partial charge in [0.2, 0.25) is 22.5 Å². The average Bonchev–Trinajstić information content (AvgIpc) is 3.03. The first-order chi connectivity index (χ1) is 23.5. The Morgan fingerprint density at radius 3 is 1.22 bits per heavy atom. The highest BCUT2D eigenvalue weighted by molar-refractivity contribution is 6.72. The Kier molecular flexibility index (Phi) is 28.3. The van der Waals surface area contributed by atoms with E-state index in [1.807, 2.05) is 6.55 Å². The minimum atomic E-state index is -2.74. The van der Waals surface area contributed by atoms with Crippen LogP contribution >= 0.6 is 0 Å². The zero-order chi connectivity index (χ0) is 40.3. The first kappa shape index (κ1) is 52.3. The van der Waals surface area contributed by atoms with E-state index in [4.69, 9.17) is 50.3 Å². The molecular formula is C30H60N2O17Si2. The number of nitrogens with one attached hydrogen (secondary N) is 1. The third-order valence-electron chi connectivity index (χ3n) is 7.85. The highest BCUT2D eigenvalue weighted by Gasteiger charge is 2.41. The number of hydrogen-bond donors (Lipinski definition) is 11. The van der Waals surface area contributed by atoms with Gasteiger partial charge >= 0.3 is 29.8 Å². The van der Waals surface area contributed by atoms with E-state index in [1.54, 1.807) is 14.2 Å². The van der Waals surface area contributed by atoms with Gasteiger partial charge in [-0.1, -0.05) is 38.5 Å². The first-order valence-corrected chi connectivity index (χ1v) is 22.0. The molecule has 0 aliphatic carbocycles. The molecule has 0 spiro atoms. The van der Waals surface area contributed by atoms with Gasteiger partial charge in [0.05, 0.1) is 38.1 Å². The molecule has 0 aliphatic heterocycles. The molecule has 0 fully saturated rings. The summed E-state index contributed by atoms with van der Waals surface area (Å²) in [6, 6.07) is 1.91. The predicted octanol–water partition coefficient (Wildman–Crippen LogP) is 0.107. The van der Waals surface area contributed by atoms with Crippen molar-refractivity contribution >= 4 is 52.4 Å². The zero-order valence-electron chi connectivity index (χ0n) is 30.1. The van der Waals surface area contributed by atoms with Crippen LogP contribution in [-0.4, -0.2) is 149 Å². The van der Waals surface area contributed by atoms with Gasteiger partial charge < -0.3 is 65.9 Å². The van der Waals surface area contributed by atoms with Gasteiger partial charge in [-0.15, -0.1) is 0 Å². The van der Waals surface area contributed by atoms with E-state index in [2.05, 4.69) is 11.9 Å². The molecule has 1 amide bonds. The maximum absolute atomic E-state index is 11.7. The second-order valence-electron chi connectivity index (χ2n) is 12.7. The molecule has 0 radical (unpaired) electrons. The van der Waals surface area contributed by atoms with E-state index in [9.17, 15) is 39.0 Å². The fourth-order valence-corrected chi connectivity index (χ4v) is 7.18. The first-order valence-electron chi connectivity index (χ1n) is 16.4. The van der Waals surface area contributed by atoms with Crippen LogP contribution in [-0.2, 0) is 37.6 Å². The maximum atomic E-state index is 11.7. The van der Waals surface area contributed by atoms with Gasteiger partial charge in [0.25, 0.3) is 0 Å². The van der Waals surface area contributed by atoms with Gasteiger partial charge in [-0.05, 0) is 44.6 Å². The van der Waals surface area contributed by atoms with Gasteiger partial charge in [-0.3, -0.25) is 19.2 Å². The van der Waals surface area contributed by atoms with Crippen LogP contribution in [0.5, 0.6) is 0 Å². The molecule has 0 saturated carbocycles. The van der Waals surface area contributed by atoms with Gasteiger partial charge in [-0.2, -0.15) is 0 Å². The number of aliphatic carboxylic acids is 5. The number of amides is 1. The molecule has 0 bridgehead atoms. The lowest BCUT2D eigenvalue weighted by Gasteiger charge is -2.22. The molecule has 19 nitrogen and oxygen atoms in total. The fourth-order valence-electron chi connectivity index (χ4n) is 4.20. The Morgan fingerprint density at radius 1 is 0.588 bits per heavy atom. The van der Waals surface area contributed by atoms with E-state index in [0.717, 1.165) is 50.7 Å². The van der Waals surface area contributed by atoms with Crippen LogP contribution in [0.4, 0.5) is 0 Å². The molecule has 3 unspecified atom stereocenters. The monoisotopic (exact) mass is 776 g/mol. The molecule has 0 aromatic rings. The molecule has 0 aliphatic rings. The lowest BCUT2D eigenvalue weighted by atomic mass is 9.95. The topological polar surface area (TPSA) is 341 Å². The van der Waals surface area contributed by atoms with Crippen molar-refractivity contribution in [3.8, 4) is 0 Å². The molecule has 12 N–H and O–H groups in total. The van der Waals surface area contributed by atoms with Crippen molar-refractivity contribution in [2.24, 2.45) is 5.73 Å². The van der Waals surface area contributed by atoms with Gasteiger partial charge in [0.1, 0.15) is 0 Å². The third-order valence-corrected chi connectivity index (χ3v) is 14.0. The highest BCUT2D eigenvalue weighted by atomic mass is 28.4. The van der Waals surface area contributed by atoms with Crippen molar-refractivity contribution in [3.63, 3.8) is 0 Å². The fraction of sp³-hybridized carbons (Fsp3) is 0.800. The number of unbranched alkanes of at least 4 members (excludes halogenated alkanes) is 6. The zero-order valence-corrected chi connectivity index (χ0v) is 32.1. The van der Waals surface area contributed by atoms with E-state index < -0.39 is 89.3 Å². The highest BCUT2D eigenvalue weighted by Crippen LogP contribution is 2.18. The predicted molar refractivity (Wildman–Crippen MR) is 187 cm³/mol. The number of hydrogen-bond acceptors (Lipinski definition) is 13. The lowest BCUT2D eigenvalue weighted by Crippen LogP contribution is -2.45. The Morgan fingerprint density at radius 2 is 0.922 bits per heavy atom. The molecule has 51 heavy (non-hydrogen) atoms. The van der Waals surface area contributed by atoms with Crippen molar-refractivity contribution in [3.05, 3.63) is 0 Å². The number of aliphatic hydroxyl groups excluding tert-OH is 2. The molecule has 3 atom stereocenters. The van der Waals surface area contributed by atoms with E-state index in [1.165, 1.54) is 12.8 Å². The van der Waals surface area contributed by atoms with Crippen LogP contribution in [0.2, 0.25) is 25.2 Å². The summed E-state index contributed by atoms with van der Waals surface area (Å²) in [7, 11) is -0.391. The van der Waals surface area contributed by atoms with Crippen molar-refractivity contribution in [2.75, 3.05) is 39.8 Å². The summed E-state index contributed by atoms with van der Waals surface area (Å²) in [6.07, 6.45) is 4.25. The molecule has 0 heterocycles. The van der Waals surface area contributed by atoms with Crippen molar-refractivity contribution in [1.82, 2.24) is 5.32 Å². The lowest BCUT2D eigenvalue weighted by molar-refractivity contribution is -0.170. The van der Waals surface area contributed by atoms with Crippen molar-refractivity contribution < 1.29 is 83.6 Å². The van der Waals surface area contributed by atoms with E-state index in [-0.39, 0.29) is 12.5 Å². The number of carboxylic acids is 5. The second kappa shape index (κ2) is 27.6. The standard InChI is InChI=1S/C15H29NO8Si.C9H23NO2Si.C6H8O7/c1-24-25(2,11-17)8-6-4-3-5-7-16-12(18)9-15(23,14(21)22)10-13(19)20;1-12-13(2,9-11)8-6-4-3-5-7-10;7-3(8)1-6(13,5(11)12)2-4(9)10/h17,23H,3-11H2,1-2H3,(H,16,18)(H,19,20)(H,21,22);11H,3-10H2,1-2H3;13H,1-2H2,(H,7,8)(H,9,10)(H,11,12). The number of carbonyl (C=O) groups is 6.